The highest BCUT2D eigenvalue weighted by atomic mass is 32.1. The van der Waals surface area contributed by atoms with Gasteiger partial charge in [-0.1, -0.05) is 6.07 Å². The number of alkyl halides is 3. The van der Waals surface area contributed by atoms with Crippen LogP contribution in [0.15, 0.2) is 42.5 Å². The Labute approximate surface area is 158 Å². The molecular weight excluding hydrogens is 378 g/mol. The standard InChI is InChI=1S/C19H17F4N3S/c1-11-15(16-10-13(20)5-6-17(16)25-11)7-8-24-18(27)26-14-4-2-3-12(9-14)19(21,22)23/h2-6,9-10,25H,7-8H2,1H3,(H2,24,26,27). The van der Waals surface area contributed by atoms with Crippen molar-refractivity contribution in [1.82, 2.24) is 10.3 Å². The molecule has 3 N–H and O–H groups in total. The molecule has 0 spiro atoms. The third kappa shape index (κ3) is 4.57. The van der Waals surface area contributed by atoms with Gasteiger partial charge in [-0.3, -0.25) is 0 Å². The van der Waals surface area contributed by atoms with Crippen LogP contribution in [0.25, 0.3) is 10.9 Å². The molecule has 0 aliphatic rings. The minimum Gasteiger partial charge on any atom is -0.362 e. The van der Waals surface area contributed by atoms with Gasteiger partial charge in [0.15, 0.2) is 5.11 Å². The van der Waals surface area contributed by atoms with Gasteiger partial charge in [0, 0.05) is 28.8 Å². The highest BCUT2D eigenvalue weighted by Crippen LogP contribution is 2.30. The van der Waals surface area contributed by atoms with Crippen LogP contribution in [0.5, 0.6) is 0 Å². The molecule has 0 aliphatic heterocycles. The Kier molecular flexibility index (Phi) is 5.36. The molecule has 0 amide bonds. The maximum absolute atomic E-state index is 13.5. The summed E-state index contributed by atoms with van der Waals surface area (Å²) < 4.78 is 51.8. The lowest BCUT2D eigenvalue weighted by Crippen LogP contribution is -2.30. The van der Waals surface area contributed by atoms with E-state index < -0.39 is 11.7 Å². The highest BCUT2D eigenvalue weighted by Gasteiger charge is 2.30. The summed E-state index contributed by atoms with van der Waals surface area (Å²) in [6, 6.07) is 9.39. The second-order valence-corrected chi connectivity index (χ2v) is 6.54. The van der Waals surface area contributed by atoms with E-state index in [0.29, 0.717) is 13.0 Å². The zero-order chi connectivity index (χ0) is 19.6. The number of rotatable bonds is 4. The molecule has 27 heavy (non-hydrogen) atoms. The fourth-order valence-electron chi connectivity index (χ4n) is 2.93. The van der Waals surface area contributed by atoms with Crippen LogP contribution in [0.1, 0.15) is 16.8 Å². The fraction of sp³-hybridized carbons (Fsp3) is 0.211. The molecule has 0 saturated carbocycles. The minimum absolute atomic E-state index is 0.220. The van der Waals surface area contributed by atoms with Gasteiger partial charge in [-0.15, -0.1) is 0 Å². The second kappa shape index (κ2) is 7.56. The number of H-pyrrole nitrogens is 1. The number of aromatic amines is 1. The van der Waals surface area contributed by atoms with E-state index in [1.165, 1.54) is 24.3 Å². The average Bonchev–Trinajstić information content (AvgIpc) is 2.89. The van der Waals surface area contributed by atoms with Crippen molar-refractivity contribution < 1.29 is 17.6 Å². The minimum atomic E-state index is -4.41. The number of aromatic nitrogens is 1. The Balaban J connectivity index is 1.61. The molecule has 1 aromatic heterocycles. The summed E-state index contributed by atoms with van der Waals surface area (Å²) in [6.07, 6.45) is -3.82. The summed E-state index contributed by atoms with van der Waals surface area (Å²) >= 11 is 5.15. The van der Waals surface area contributed by atoms with Crippen LogP contribution in [0.3, 0.4) is 0 Å². The summed E-state index contributed by atoms with van der Waals surface area (Å²) in [6.45, 7) is 2.36. The lowest BCUT2D eigenvalue weighted by Gasteiger charge is -2.13. The van der Waals surface area contributed by atoms with Crippen LogP contribution in [0.2, 0.25) is 0 Å². The number of thiocarbonyl (C=S) groups is 1. The molecule has 0 saturated heterocycles. The number of anilines is 1. The Bertz CT molecular complexity index is 979. The van der Waals surface area contributed by atoms with Crippen LogP contribution in [-0.4, -0.2) is 16.6 Å². The Morgan fingerprint density at radius 1 is 1.15 bits per heavy atom. The Morgan fingerprint density at radius 3 is 2.67 bits per heavy atom. The summed E-state index contributed by atoms with van der Waals surface area (Å²) in [7, 11) is 0. The smallest absolute Gasteiger partial charge is 0.362 e. The van der Waals surface area contributed by atoms with E-state index >= 15 is 0 Å². The molecule has 0 radical (unpaired) electrons. The first-order valence-electron chi connectivity index (χ1n) is 8.23. The van der Waals surface area contributed by atoms with Gasteiger partial charge < -0.3 is 15.6 Å². The maximum Gasteiger partial charge on any atom is 0.416 e. The fourth-order valence-corrected chi connectivity index (χ4v) is 3.15. The van der Waals surface area contributed by atoms with Gasteiger partial charge in [-0.2, -0.15) is 13.2 Å². The monoisotopic (exact) mass is 395 g/mol. The Morgan fingerprint density at radius 2 is 1.93 bits per heavy atom. The van der Waals surface area contributed by atoms with Crippen LogP contribution in [-0.2, 0) is 12.6 Å². The average molecular weight is 395 g/mol. The van der Waals surface area contributed by atoms with Gasteiger partial charge in [0.05, 0.1) is 5.56 Å². The van der Waals surface area contributed by atoms with E-state index in [4.69, 9.17) is 12.2 Å². The number of halogens is 4. The third-order valence-corrected chi connectivity index (χ3v) is 4.44. The van der Waals surface area contributed by atoms with Crippen molar-refractivity contribution in [3.05, 3.63) is 65.1 Å². The van der Waals surface area contributed by atoms with Gasteiger partial charge in [0.25, 0.3) is 0 Å². The number of hydrogen-bond donors (Lipinski definition) is 3. The van der Waals surface area contributed by atoms with E-state index in [-0.39, 0.29) is 16.6 Å². The molecule has 3 rings (SSSR count). The molecule has 1 heterocycles. The first-order chi connectivity index (χ1) is 12.7. The van der Waals surface area contributed by atoms with Crippen LogP contribution in [0, 0.1) is 12.7 Å². The zero-order valence-electron chi connectivity index (χ0n) is 14.4. The summed E-state index contributed by atoms with van der Waals surface area (Å²) in [5.41, 5.74) is 2.28. The predicted molar refractivity (Wildman–Crippen MR) is 102 cm³/mol. The molecule has 0 unspecified atom stereocenters. The topological polar surface area (TPSA) is 39.9 Å². The summed E-state index contributed by atoms with van der Waals surface area (Å²) in [5, 5.41) is 6.75. The Hall–Kier alpha value is -2.61. The van der Waals surface area contributed by atoms with Crippen molar-refractivity contribution in [2.45, 2.75) is 19.5 Å². The van der Waals surface area contributed by atoms with E-state index in [0.717, 1.165) is 34.3 Å². The molecule has 2 aromatic carbocycles. The van der Waals surface area contributed by atoms with Crippen molar-refractivity contribution in [1.29, 1.82) is 0 Å². The second-order valence-electron chi connectivity index (χ2n) is 6.13. The van der Waals surface area contributed by atoms with E-state index in [9.17, 15) is 17.6 Å². The number of aryl methyl sites for hydroxylation is 1. The van der Waals surface area contributed by atoms with E-state index in [1.807, 2.05) is 6.92 Å². The van der Waals surface area contributed by atoms with Crippen molar-refractivity contribution in [2.24, 2.45) is 0 Å². The molecular formula is C19H17F4N3S. The quantitative estimate of drug-likeness (QED) is 0.422. The highest BCUT2D eigenvalue weighted by molar-refractivity contribution is 7.80. The number of benzene rings is 2. The van der Waals surface area contributed by atoms with Crippen molar-refractivity contribution in [3.8, 4) is 0 Å². The lowest BCUT2D eigenvalue weighted by molar-refractivity contribution is -0.137. The van der Waals surface area contributed by atoms with Gasteiger partial charge in [0.2, 0.25) is 0 Å². The molecule has 0 bridgehead atoms. The summed E-state index contributed by atoms with van der Waals surface area (Å²) in [5.74, 6) is -0.308. The first-order valence-corrected chi connectivity index (χ1v) is 8.63. The van der Waals surface area contributed by atoms with Crippen LogP contribution >= 0.6 is 12.2 Å². The molecule has 142 valence electrons. The van der Waals surface area contributed by atoms with Gasteiger partial charge in [-0.25, -0.2) is 4.39 Å². The van der Waals surface area contributed by atoms with Gasteiger partial charge in [0.1, 0.15) is 5.82 Å². The first kappa shape index (κ1) is 19.2. The number of fused-ring (bicyclic) bond motifs is 1. The van der Waals surface area contributed by atoms with Crippen molar-refractivity contribution in [2.75, 3.05) is 11.9 Å². The third-order valence-electron chi connectivity index (χ3n) is 4.19. The zero-order valence-corrected chi connectivity index (χ0v) is 15.2. The molecule has 0 atom stereocenters. The van der Waals surface area contributed by atoms with E-state index in [1.54, 1.807) is 6.07 Å². The largest absolute Gasteiger partial charge is 0.416 e. The molecule has 8 heteroatoms. The molecule has 3 aromatic rings. The lowest BCUT2D eigenvalue weighted by atomic mass is 10.1. The molecule has 0 fully saturated rings. The SMILES string of the molecule is Cc1[nH]c2ccc(F)cc2c1CCNC(=S)Nc1cccc(C(F)(F)F)c1. The van der Waals surface area contributed by atoms with Crippen LogP contribution < -0.4 is 10.6 Å². The number of hydrogen-bond acceptors (Lipinski definition) is 1. The van der Waals surface area contributed by atoms with Crippen LogP contribution in [0.4, 0.5) is 23.2 Å². The normalized spacial score (nSPS) is 11.6. The van der Waals surface area contributed by atoms with Gasteiger partial charge in [-0.05, 0) is 67.5 Å². The summed E-state index contributed by atoms with van der Waals surface area (Å²) in [4.78, 5) is 3.20. The predicted octanol–water partition coefficient (Wildman–Crippen LogP) is 5.16. The molecule has 3 nitrogen and oxygen atoms in total. The van der Waals surface area contributed by atoms with E-state index in [2.05, 4.69) is 15.6 Å². The van der Waals surface area contributed by atoms with Crippen molar-refractivity contribution in [3.63, 3.8) is 0 Å². The number of nitrogens with one attached hydrogen (secondary N) is 3. The van der Waals surface area contributed by atoms with Crippen molar-refractivity contribution >= 4 is 33.9 Å². The molecule has 0 aliphatic carbocycles. The van der Waals surface area contributed by atoms with Gasteiger partial charge >= 0.3 is 6.18 Å². The maximum atomic E-state index is 13.5.